The first-order valence-electron chi connectivity index (χ1n) is 4.28. The second kappa shape index (κ2) is 4.96. The number of hydrogen-bond donors (Lipinski definition) is 1. The molecule has 14 heavy (non-hydrogen) atoms. The van der Waals surface area contributed by atoms with Crippen molar-refractivity contribution in [3.63, 3.8) is 0 Å². The van der Waals surface area contributed by atoms with E-state index in [0.29, 0.717) is 11.3 Å². The third-order valence-corrected chi connectivity index (χ3v) is 2.25. The number of alkyl halides is 1. The lowest BCUT2D eigenvalue weighted by Crippen LogP contribution is -1.96. The Morgan fingerprint density at radius 3 is 2.79 bits per heavy atom. The number of carbonyl (C=O) groups excluding carboxylic acids is 1. The number of ketones is 1. The van der Waals surface area contributed by atoms with E-state index >= 15 is 0 Å². The second-order valence-corrected chi connectivity index (χ2v) is 3.60. The average Bonchev–Trinajstić information content (AvgIpc) is 2.15. The van der Waals surface area contributed by atoms with E-state index < -0.39 is 0 Å². The molecule has 2 nitrogen and oxygen atoms in total. The summed E-state index contributed by atoms with van der Waals surface area (Å²) in [6.45, 7) is 1.53. The molecule has 0 amide bonds. The van der Waals surface area contributed by atoms with Crippen molar-refractivity contribution in [1.82, 2.24) is 0 Å². The lowest BCUT2D eigenvalue weighted by atomic mass is 10.1. The zero-order chi connectivity index (χ0) is 10.6. The molecule has 3 heteroatoms. The first-order chi connectivity index (χ1) is 6.65. The Balaban J connectivity index is 3.01. The van der Waals surface area contributed by atoms with Crippen LogP contribution in [-0.2, 0) is 0 Å². The van der Waals surface area contributed by atoms with Crippen LogP contribution < -0.4 is 5.73 Å². The molecule has 1 rings (SSSR count). The van der Waals surface area contributed by atoms with E-state index in [0.717, 1.165) is 10.9 Å². The first-order valence-corrected chi connectivity index (χ1v) is 5.40. The molecule has 0 aliphatic rings. The maximum absolute atomic E-state index is 11.0. The van der Waals surface area contributed by atoms with E-state index in [-0.39, 0.29) is 5.78 Å². The first kappa shape index (κ1) is 11.0. The number of Topliss-reactive ketones (excluding diaryl/α,β-unsaturated/α-hetero) is 1. The van der Waals surface area contributed by atoms with Gasteiger partial charge in [-0.05, 0) is 18.6 Å². The van der Waals surface area contributed by atoms with Crippen molar-refractivity contribution in [2.75, 3.05) is 11.1 Å². The van der Waals surface area contributed by atoms with Gasteiger partial charge < -0.3 is 5.73 Å². The monoisotopic (exact) mass is 253 g/mol. The molecular weight excluding hydrogens is 242 g/mol. The van der Waals surface area contributed by atoms with E-state index in [9.17, 15) is 4.79 Å². The number of nitrogens with two attached hydrogens (primary N) is 1. The predicted molar refractivity (Wildman–Crippen MR) is 63.7 cm³/mol. The molecule has 0 spiro atoms. The molecule has 74 valence electrons. The number of carbonyl (C=O) groups is 1. The minimum Gasteiger partial charge on any atom is -0.398 e. The number of hydrogen-bond acceptors (Lipinski definition) is 2. The van der Waals surface area contributed by atoms with Gasteiger partial charge in [-0.2, -0.15) is 0 Å². The lowest BCUT2D eigenvalue weighted by molar-refractivity contribution is 0.101. The molecule has 0 unspecified atom stereocenters. The summed E-state index contributed by atoms with van der Waals surface area (Å²) in [5, 5.41) is 0.793. The molecule has 0 aliphatic carbocycles. The molecule has 0 aliphatic heterocycles. The number of anilines is 1. The normalized spacial score (nSPS) is 10.7. The number of halogens is 1. The van der Waals surface area contributed by atoms with Gasteiger partial charge in [0, 0.05) is 16.6 Å². The minimum absolute atomic E-state index is 0.0349. The fourth-order valence-corrected chi connectivity index (χ4v) is 1.30. The van der Waals surface area contributed by atoms with Crippen molar-refractivity contribution in [2.45, 2.75) is 6.92 Å². The smallest absolute Gasteiger partial charge is 0.159 e. The molecule has 0 radical (unpaired) electrons. The van der Waals surface area contributed by atoms with Gasteiger partial charge in [0.1, 0.15) is 0 Å². The van der Waals surface area contributed by atoms with Crippen LogP contribution in [0.5, 0.6) is 0 Å². The summed E-state index contributed by atoms with van der Waals surface area (Å²) in [6.07, 6.45) is 3.88. The van der Waals surface area contributed by atoms with Crippen LogP contribution in [0.25, 0.3) is 6.08 Å². The summed E-state index contributed by atoms with van der Waals surface area (Å²) in [5.41, 5.74) is 8.01. The Kier molecular flexibility index (Phi) is 3.89. The fourth-order valence-electron chi connectivity index (χ4n) is 1.12. The van der Waals surface area contributed by atoms with Gasteiger partial charge in [-0.15, -0.1) is 0 Å². The molecule has 0 fully saturated rings. The highest BCUT2D eigenvalue weighted by atomic mass is 79.9. The molecule has 2 N–H and O–H groups in total. The average molecular weight is 254 g/mol. The van der Waals surface area contributed by atoms with Crippen LogP contribution in [0, 0.1) is 0 Å². The van der Waals surface area contributed by atoms with Crippen molar-refractivity contribution in [3.05, 3.63) is 35.4 Å². The van der Waals surface area contributed by atoms with Gasteiger partial charge >= 0.3 is 0 Å². The van der Waals surface area contributed by atoms with Crippen LogP contribution in [0.2, 0.25) is 0 Å². The van der Waals surface area contributed by atoms with Gasteiger partial charge in [0.15, 0.2) is 5.78 Å². The largest absolute Gasteiger partial charge is 0.398 e. The molecule has 0 atom stereocenters. The highest BCUT2D eigenvalue weighted by molar-refractivity contribution is 9.09. The van der Waals surface area contributed by atoms with Crippen LogP contribution in [0.15, 0.2) is 24.3 Å². The number of benzene rings is 1. The quantitative estimate of drug-likeness (QED) is 0.512. The highest BCUT2D eigenvalue weighted by Gasteiger charge is 2.01. The summed E-state index contributed by atoms with van der Waals surface area (Å²) >= 11 is 3.29. The lowest BCUT2D eigenvalue weighted by Gasteiger charge is -2.02. The third kappa shape index (κ3) is 2.70. The van der Waals surface area contributed by atoms with Crippen molar-refractivity contribution in [3.8, 4) is 0 Å². The Labute approximate surface area is 91.9 Å². The van der Waals surface area contributed by atoms with Gasteiger partial charge in [0.25, 0.3) is 0 Å². The molecule has 1 aromatic rings. The Morgan fingerprint density at radius 1 is 1.57 bits per heavy atom. The zero-order valence-corrected chi connectivity index (χ0v) is 9.54. The summed E-state index contributed by atoms with van der Waals surface area (Å²) in [5.74, 6) is 0.0349. The van der Waals surface area contributed by atoms with Crippen LogP contribution in [0.1, 0.15) is 22.8 Å². The number of nitrogen functional groups attached to an aromatic ring is 1. The topological polar surface area (TPSA) is 43.1 Å². The fraction of sp³-hybridized carbons (Fsp3) is 0.182. The van der Waals surface area contributed by atoms with Crippen LogP contribution in [0.3, 0.4) is 0 Å². The van der Waals surface area contributed by atoms with Gasteiger partial charge in [0.2, 0.25) is 0 Å². The Hall–Kier alpha value is -1.09. The van der Waals surface area contributed by atoms with Crippen molar-refractivity contribution in [1.29, 1.82) is 0 Å². The molecule has 1 aromatic carbocycles. The zero-order valence-electron chi connectivity index (χ0n) is 7.96. The van der Waals surface area contributed by atoms with Crippen molar-refractivity contribution in [2.24, 2.45) is 0 Å². The number of rotatable bonds is 3. The molecule has 0 heterocycles. The molecule has 0 saturated heterocycles. The molecule has 0 saturated carbocycles. The molecule has 0 aromatic heterocycles. The van der Waals surface area contributed by atoms with Gasteiger partial charge in [-0.3, -0.25) is 4.79 Å². The standard InChI is InChI=1S/C11H12BrNO/c1-8(14)10-5-4-9(3-2-6-12)11(13)7-10/h2-5,7H,6,13H2,1H3. The van der Waals surface area contributed by atoms with Gasteiger partial charge in [0.05, 0.1) is 0 Å². The minimum atomic E-state index is 0.0349. The highest BCUT2D eigenvalue weighted by Crippen LogP contribution is 2.16. The Morgan fingerprint density at radius 2 is 2.29 bits per heavy atom. The van der Waals surface area contributed by atoms with E-state index in [1.807, 2.05) is 18.2 Å². The summed E-state index contributed by atoms with van der Waals surface area (Å²) in [6, 6.07) is 5.34. The summed E-state index contributed by atoms with van der Waals surface area (Å²) < 4.78 is 0. The molecule has 0 bridgehead atoms. The summed E-state index contributed by atoms with van der Waals surface area (Å²) in [7, 11) is 0. The van der Waals surface area contributed by atoms with Crippen molar-refractivity contribution < 1.29 is 4.79 Å². The van der Waals surface area contributed by atoms with E-state index in [2.05, 4.69) is 15.9 Å². The van der Waals surface area contributed by atoms with E-state index in [4.69, 9.17) is 5.73 Å². The van der Waals surface area contributed by atoms with Gasteiger partial charge in [-0.1, -0.05) is 40.2 Å². The van der Waals surface area contributed by atoms with E-state index in [1.54, 1.807) is 12.1 Å². The number of allylic oxidation sites excluding steroid dienone is 1. The maximum Gasteiger partial charge on any atom is 0.159 e. The second-order valence-electron chi connectivity index (χ2n) is 2.96. The Bertz CT molecular complexity index is 372. The maximum atomic E-state index is 11.0. The van der Waals surface area contributed by atoms with E-state index in [1.165, 1.54) is 6.92 Å². The molecular formula is C11H12BrNO. The third-order valence-electron chi connectivity index (χ3n) is 1.88. The SMILES string of the molecule is CC(=O)c1ccc(C=CCBr)c(N)c1. The van der Waals surface area contributed by atoms with Crippen LogP contribution in [0.4, 0.5) is 5.69 Å². The summed E-state index contributed by atoms with van der Waals surface area (Å²) in [4.78, 5) is 11.0. The predicted octanol–water partition coefficient (Wildman–Crippen LogP) is 2.88. The van der Waals surface area contributed by atoms with Gasteiger partial charge in [-0.25, -0.2) is 0 Å². The van der Waals surface area contributed by atoms with Crippen LogP contribution in [-0.4, -0.2) is 11.1 Å². The van der Waals surface area contributed by atoms with Crippen molar-refractivity contribution >= 4 is 33.5 Å². The van der Waals surface area contributed by atoms with Crippen LogP contribution >= 0.6 is 15.9 Å².